The van der Waals surface area contributed by atoms with Gasteiger partial charge in [0.25, 0.3) is 10.2 Å². The molecule has 0 aliphatic carbocycles. The molecule has 0 amide bonds. The zero-order chi connectivity index (χ0) is 12.9. The van der Waals surface area contributed by atoms with Gasteiger partial charge >= 0.3 is 0 Å². The summed E-state index contributed by atoms with van der Waals surface area (Å²) in [6.45, 7) is 3.11. The number of nitrogens with zero attached hydrogens (tertiary/aromatic N) is 2. The molecule has 1 aliphatic rings. The second-order valence-electron chi connectivity index (χ2n) is 3.99. The molecule has 1 aliphatic heterocycles. The Morgan fingerprint density at radius 1 is 1.65 bits per heavy atom. The van der Waals surface area contributed by atoms with E-state index in [9.17, 15) is 8.42 Å². The maximum atomic E-state index is 11.9. The predicted molar refractivity (Wildman–Crippen MR) is 63.4 cm³/mol. The van der Waals surface area contributed by atoms with Gasteiger partial charge in [0.05, 0.1) is 12.3 Å². The highest BCUT2D eigenvalue weighted by Crippen LogP contribution is 2.15. The summed E-state index contributed by atoms with van der Waals surface area (Å²) in [6.07, 6.45) is 0.461. The number of methoxy groups -OCH3 is 1. The van der Waals surface area contributed by atoms with Crippen molar-refractivity contribution in [3.63, 3.8) is 0 Å². The Hall–Kier alpha value is -0.700. The summed E-state index contributed by atoms with van der Waals surface area (Å²) in [4.78, 5) is 0. The fourth-order valence-corrected chi connectivity index (χ4v) is 2.99. The van der Waals surface area contributed by atoms with E-state index >= 15 is 0 Å². The van der Waals surface area contributed by atoms with Gasteiger partial charge in [-0.1, -0.05) is 12.1 Å². The number of rotatable bonds is 5. The van der Waals surface area contributed by atoms with Crippen LogP contribution in [0.4, 0.5) is 0 Å². The molecule has 1 fully saturated rings. The Kier molecular flexibility index (Phi) is 5.31. The van der Waals surface area contributed by atoms with Crippen molar-refractivity contribution in [1.82, 2.24) is 9.03 Å². The van der Waals surface area contributed by atoms with Crippen molar-refractivity contribution in [2.24, 2.45) is 11.1 Å². The molecule has 0 spiro atoms. The fourth-order valence-electron chi connectivity index (χ4n) is 1.72. The zero-order valence-electron chi connectivity index (χ0n) is 10.1. The van der Waals surface area contributed by atoms with Crippen LogP contribution in [0.15, 0.2) is 5.16 Å². The molecule has 0 aromatic carbocycles. The third kappa shape index (κ3) is 3.91. The standard InChI is InChI=1S/C9H19N3O4S/c1-8-7-12(5-3-9(8)11-13)17(14,15)10-4-6-16-2/h8,10,13H,3-7H2,1-2H3. The third-order valence-corrected chi connectivity index (χ3v) is 4.30. The molecule has 0 bridgehead atoms. The van der Waals surface area contributed by atoms with E-state index in [1.165, 1.54) is 11.4 Å². The van der Waals surface area contributed by atoms with Crippen molar-refractivity contribution in [2.45, 2.75) is 13.3 Å². The van der Waals surface area contributed by atoms with E-state index < -0.39 is 10.2 Å². The van der Waals surface area contributed by atoms with Crippen molar-refractivity contribution in [3.05, 3.63) is 0 Å². The van der Waals surface area contributed by atoms with Crippen molar-refractivity contribution in [3.8, 4) is 0 Å². The lowest BCUT2D eigenvalue weighted by atomic mass is 10.00. The van der Waals surface area contributed by atoms with Gasteiger partial charge in [-0.05, 0) is 0 Å². The highest BCUT2D eigenvalue weighted by Gasteiger charge is 2.30. The normalized spacial score (nSPS) is 25.3. The van der Waals surface area contributed by atoms with Crippen LogP contribution in [-0.2, 0) is 14.9 Å². The van der Waals surface area contributed by atoms with Crippen molar-refractivity contribution < 1.29 is 18.4 Å². The molecule has 0 aromatic rings. The molecule has 1 unspecified atom stereocenters. The first-order valence-electron chi connectivity index (χ1n) is 5.45. The Morgan fingerprint density at radius 2 is 2.35 bits per heavy atom. The lowest BCUT2D eigenvalue weighted by Gasteiger charge is -2.30. The monoisotopic (exact) mass is 265 g/mol. The van der Waals surface area contributed by atoms with Crippen LogP contribution >= 0.6 is 0 Å². The van der Waals surface area contributed by atoms with Crippen LogP contribution in [0.2, 0.25) is 0 Å². The van der Waals surface area contributed by atoms with Crippen LogP contribution in [0.5, 0.6) is 0 Å². The Bertz CT molecular complexity index is 368. The van der Waals surface area contributed by atoms with E-state index in [0.717, 1.165) is 0 Å². The number of nitrogens with one attached hydrogen (secondary N) is 1. The molecule has 100 valence electrons. The Balaban J connectivity index is 2.56. The van der Waals surface area contributed by atoms with Gasteiger partial charge < -0.3 is 9.94 Å². The van der Waals surface area contributed by atoms with Gasteiger partial charge in [-0.25, -0.2) is 0 Å². The van der Waals surface area contributed by atoms with E-state index in [1.807, 2.05) is 6.92 Å². The first-order chi connectivity index (χ1) is 8.01. The van der Waals surface area contributed by atoms with Gasteiger partial charge in [0, 0.05) is 39.1 Å². The molecule has 0 saturated carbocycles. The summed E-state index contributed by atoms with van der Waals surface area (Å²) >= 11 is 0. The van der Waals surface area contributed by atoms with Crippen molar-refractivity contribution >= 4 is 15.9 Å². The SMILES string of the molecule is COCCNS(=O)(=O)N1CCC(=NO)C(C)C1. The van der Waals surface area contributed by atoms with Gasteiger partial charge in [-0.2, -0.15) is 17.4 Å². The van der Waals surface area contributed by atoms with Crippen LogP contribution in [0.25, 0.3) is 0 Å². The topological polar surface area (TPSA) is 91.2 Å². The molecule has 1 saturated heterocycles. The van der Waals surface area contributed by atoms with Crippen LogP contribution < -0.4 is 4.72 Å². The van der Waals surface area contributed by atoms with Crippen molar-refractivity contribution in [2.75, 3.05) is 33.4 Å². The van der Waals surface area contributed by atoms with Crippen LogP contribution in [-0.4, -0.2) is 57.0 Å². The molecule has 1 heterocycles. The summed E-state index contributed by atoms with van der Waals surface area (Å²) in [7, 11) is -1.94. The Morgan fingerprint density at radius 3 is 2.88 bits per heavy atom. The highest BCUT2D eigenvalue weighted by atomic mass is 32.2. The van der Waals surface area contributed by atoms with E-state index in [-0.39, 0.29) is 12.5 Å². The summed E-state index contributed by atoms with van der Waals surface area (Å²) in [5, 5.41) is 11.9. The van der Waals surface area contributed by atoms with Crippen LogP contribution in [0, 0.1) is 5.92 Å². The number of ether oxygens (including phenoxy) is 1. The summed E-state index contributed by atoms with van der Waals surface area (Å²) in [6, 6.07) is 0. The van der Waals surface area contributed by atoms with Gasteiger partial charge in [0.15, 0.2) is 0 Å². The number of piperidine rings is 1. The molecule has 7 nitrogen and oxygen atoms in total. The first-order valence-corrected chi connectivity index (χ1v) is 6.89. The fraction of sp³-hybridized carbons (Fsp3) is 0.889. The van der Waals surface area contributed by atoms with Gasteiger partial charge in [0.2, 0.25) is 0 Å². The summed E-state index contributed by atoms with van der Waals surface area (Å²) in [5.74, 6) is -0.0623. The molecule has 1 atom stereocenters. The van der Waals surface area contributed by atoms with Gasteiger partial charge in [-0.15, -0.1) is 0 Å². The first kappa shape index (κ1) is 14.4. The zero-order valence-corrected chi connectivity index (χ0v) is 10.9. The van der Waals surface area contributed by atoms with E-state index in [2.05, 4.69) is 9.88 Å². The maximum Gasteiger partial charge on any atom is 0.279 e. The van der Waals surface area contributed by atoms with Crippen molar-refractivity contribution in [1.29, 1.82) is 0 Å². The quantitative estimate of drug-likeness (QED) is 0.403. The average Bonchev–Trinajstić information content (AvgIpc) is 2.29. The minimum Gasteiger partial charge on any atom is -0.411 e. The molecule has 1 rings (SSSR count). The van der Waals surface area contributed by atoms with E-state index in [4.69, 9.17) is 9.94 Å². The predicted octanol–water partition coefficient (Wildman–Crippen LogP) is -0.361. The molecule has 2 N–H and O–H groups in total. The maximum absolute atomic E-state index is 11.9. The average molecular weight is 265 g/mol. The molecule has 0 aromatic heterocycles. The highest BCUT2D eigenvalue weighted by molar-refractivity contribution is 7.87. The van der Waals surface area contributed by atoms with Crippen LogP contribution in [0.1, 0.15) is 13.3 Å². The number of hydrogen-bond donors (Lipinski definition) is 2. The lowest BCUT2D eigenvalue weighted by molar-refractivity contribution is 0.203. The minimum atomic E-state index is -3.45. The summed E-state index contributed by atoms with van der Waals surface area (Å²) < 4.78 is 32.3. The molecule has 0 radical (unpaired) electrons. The van der Waals surface area contributed by atoms with Crippen LogP contribution in [0.3, 0.4) is 0 Å². The number of hydrogen-bond acceptors (Lipinski definition) is 5. The molecule has 8 heteroatoms. The van der Waals surface area contributed by atoms with Gasteiger partial charge in [-0.3, -0.25) is 0 Å². The van der Waals surface area contributed by atoms with Gasteiger partial charge in [0.1, 0.15) is 0 Å². The second-order valence-corrected chi connectivity index (χ2v) is 5.75. The Labute approximate surface area is 102 Å². The second kappa shape index (κ2) is 6.29. The smallest absolute Gasteiger partial charge is 0.279 e. The van der Waals surface area contributed by atoms with E-state index in [0.29, 0.717) is 31.8 Å². The minimum absolute atomic E-state index is 0.0623. The molecular weight excluding hydrogens is 246 g/mol. The lowest BCUT2D eigenvalue weighted by Crippen LogP contribution is -2.48. The summed E-state index contributed by atoms with van der Waals surface area (Å²) in [5.41, 5.74) is 0.647. The number of oxime groups is 1. The van der Waals surface area contributed by atoms with E-state index in [1.54, 1.807) is 0 Å². The third-order valence-electron chi connectivity index (χ3n) is 2.72. The molecular formula is C9H19N3O4S. The molecule has 17 heavy (non-hydrogen) atoms. The largest absolute Gasteiger partial charge is 0.411 e.